The molecule has 3 fully saturated rings. The lowest BCUT2D eigenvalue weighted by Crippen LogP contribution is -2.29. The Morgan fingerprint density at radius 2 is 2.08 bits per heavy atom. The first kappa shape index (κ1) is 14.4. The summed E-state index contributed by atoms with van der Waals surface area (Å²) in [6.07, 6.45) is 14.8. The second-order valence-electron chi connectivity index (χ2n) is 7.83. The Balaban J connectivity index is 1.55. The van der Waals surface area contributed by atoms with Crippen LogP contribution < -0.4 is 0 Å². The third kappa shape index (κ3) is 2.33. The Morgan fingerprint density at radius 3 is 2.88 bits per heavy atom. The Hall–Kier alpha value is -1.91. The van der Waals surface area contributed by atoms with Crippen LogP contribution in [0.3, 0.4) is 0 Å². The molecule has 3 saturated carbocycles. The molecule has 126 valence electrons. The van der Waals surface area contributed by atoms with Crippen molar-refractivity contribution in [1.82, 2.24) is 14.7 Å². The SMILES string of the molecule is O=C(c1c(C2CCC3CCCC2C3)noc1C1CC1)n1ccnc1. The van der Waals surface area contributed by atoms with Crippen molar-refractivity contribution in [3.05, 3.63) is 35.7 Å². The Labute approximate surface area is 141 Å². The molecule has 3 atom stereocenters. The van der Waals surface area contributed by atoms with Crippen LogP contribution >= 0.6 is 0 Å². The Kier molecular flexibility index (Phi) is 3.35. The lowest BCUT2D eigenvalue weighted by Gasteiger charge is -2.39. The minimum atomic E-state index is -0.0245. The van der Waals surface area contributed by atoms with Crippen LogP contribution in [0.4, 0.5) is 0 Å². The smallest absolute Gasteiger partial charge is 0.268 e. The largest absolute Gasteiger partial charge is 0.360 e. The van der Waals surface area contributed by atoms with Crippen molar-refractivity contribution in [3.8, 4) is 0 Å². The number of nitrogens with zero attached hydrogens (tertiary/aromatic N) is 3. The van der Waals surface area contributed by atoms with E-state index in [1.165, 1.54) is 32.1 Å². The van der Waals surface area contributed by atoms with E-state index in [1.54, 1.807) is 23.3 Å². The average Bonchev–Trinajstić information content (AvgIpc) is 3.12. The van der Waals surface area contributed by atoms with Gasteiger partial charge < -0.3 is 4.52 Å². The van der Waals surface area contributed by atoms with E-state index in [-0.39, 0.29) is 5.91 Å². The normalized spacial score (nSPS) is 29.6. The summed E-state index contributed by atoms with van der Waals surface area (Å²) < 4.78 is 7.29. The van der Waals surface area contributed by atoms with E-state index in [1.807, 2.05) is 0 Å². The van der Waals surface area contributed by atoms with Crippen LogP contribution in [0.1, 0.15) is 85.0 Å². The van der Waals surface area contributed by atoms with Crippen molar-refractivity contribution < 1.29 is 9.32 Å². The zero-order valence-corrected chi connectivity index (χ0v) is 13.9. The van der Waals surface area contributed by atoms with Crippen LogP contribution in [0.15, 0.2) is 23.2 Å². The fraction of sp³-hybridized carbons (Fsp3) is 0.632. The third-order valence-electron chi connectivity index (χ3n) is 6.28. The van der Waals surface area contributed by atoms with Crippen molar-refractivity contribution >= 4 is 5.91 Å². The quantitative estimate of drug-likeness (QED) is 0.851. The molecule has 5 heteroatoms. The summed E-state index contributed by atoms with van der Waals surface area (Å²) in [7, 11) is 0. The summed E-state index contributed by atoms with van der Waals surface area (Å²) >= 11 is 0. The predicted molar refractivity (Wildman–Crippen MR) is 87.9 cm³/mol. The maximum Gasteiger partial charge on any atom is 0.268 e. The molecule has 0 N–H and O–H groups in total. The number of imidazole rings is 1. The number of carbonyl (C=O) groups is 1. The molecule has 0 radical (unpaired) electrons. The van der Waals surface area contributed by atoms with Gasteiger partial charge in [0.2, 0.25) is 0 Å². The van der Waals surface area contributed by atoms with Gasteiger partial charge in [0.05, 0.1) is 5.69 Å². The van der Waals surface area contributed by atoms with E-state index in [4.69, 9.17) is 4.52 Å². The summed E-state index contributed by atoms with van der Waals surface area (Å²) in [5.74, 6) is 3.13. The number of carbonyl (C=O) groups excluding carboxylic acids is 1. The molecule has 0 amide bonds. The molecule has 3 unspecified atom stereocenters. The predicted octanol–water partition coefficient (Wildman–Crippen LogP) is 4.12. The number of hydrogen-bond donors (Lipinski definition) is 0. The maximum atomic E-state index is 13.1. The highest BCUT2D eigenvalue weighted by Gasteiger charge is 2.41. The van der Waals surface area contributed by atoms with E-state index >= 15 is 0 Å². The molecule has 0 saturated heterocycles. The van der Waals surface area contributed by atoms with Crippen molar-refractivity contribution in [2.45, 2.75) is 63.2 Å². The fourth-order valence-corrected chi connectivity index (χ4v) is 4.89. The van der Waals surface area contributed by atoms with Gasteiger partial charge in [-0.3, -0.25) is 9.36 Å². The number of fused-ring (bicyclic) bond motifs is 2. The molecule has 0 aliphatic heterocycles. The standard InChI is InChI=1S/C19H23N3O2/c23-19(22-9-8-20-11-22)16-17(21-24-18(16)13-5-6-13)15-7-4-12-2-1-3-14(15)10-12/h8-9,11-15H,1-7,10H2. The average molecular weight is 325 g/mol. The van der Waals surface area contributed by atoms with Gasteiger partial charge in [-0.1, -0.05) is 18.0 Å². The highest BCUT2D eigenvalue weighted by molar-refractivity contribution is 5.98. The van der Waals surface area contributed by atoms with Crippen molar-refractivity contribution in [2.24, 2.45) is 11.8 Å². The van der Waals surface area contributed by atoms with E-state index in [9.17, 15) is 4.79 Å². The van der Waals surface area contributed by atoms with Crippen molar-refractivity contribution in [1.29, 1.82) is 0 Å². The van der Waals surface area contributed by atoms with Gasteiger partial charge in [0.15, 0.2) is 5.76 Å². The van der Waals surface area contributed by atoms with Gasteiger partial charge in [0.1, 0.15) is 11.9 Å². The molecule has 2 aromatic heterocycles. The first-order valence-corrected chi connectivity index (χ1v) is 9.33. The van der Waals surface area contributed by atoms with Crippen LogP contribution in [0.5, 0.6) is 0 Å². The lowest BCUT2D eigenvalue weighted by atomic mass is 9.65. The molecular formula is C19H23N3O2. The molecule has 3 aliphatic rings. The van der Waals surface area contributed by atoms with Crippen molar-refractivity contribution in [2.75, 3.05) is 0 Å². The van der Waals surface area contributed by atoms with Crippen LogP contribution in [0, 0.1) is 11.8 Å². The summed E-state index contributed by atoms with van der Waals surface area (Å²) in [5.41, 5.74) is 1.67. The van der Waals surface area contributed by atoms with Gasteiger partial charge in [-0.05, 0) is 50.4 Å². The van der Waals surface area contributed by atoms with Gasteiger partial charge in [-0.15, -0.1) is 0 Å². The summed E-state index contributed by atoms with van der Waals surface area (Å²) in [5, 5.41) is 4.45. The van der Waals surface area contributed by atoms with E-state index in [0.717, 1.165) is 42.2 Å². The molecular weight excluding hydrogens is 302 g/mol. The van der Waals surface area contributed by atoms with Gasteiger partial charge in [-0.2, -0.15) is 0 Å². The molecule has 3 aliphatic carbocycles. The van der Waals surface area contributed by atoms with Gasteiger partial charge in [0, 0.05) is 24.2 Å². The molecule has 2 heterocycles. The highest BCUT2D eigenvalue weighted by atomic mass is 16.5. The van der Waals surface area contributed by atoms with Gasteiger partial charge >= 0.3 is 0 Å². The molecule has 5 nitrogen and oxygen atoms in total. The molecule has 0 aromatic carbocycles. The van der Waals surface area contributed by atoms with Crippen molar-refractivity contribution in [3.63, 3.8) is 0 Å². The number of rotatable bonds is 3. The summed E-state index contributed by atoms with van der Waals surface area (Å²) in [6, 6.07) is 0. The zero-order chi connectivity index (χ0) is 16.1. The van der Waals surface area contributed by atoms with E-state index in [0.29, 0.717) is 17.8 Å². The van der Waals surface area contributed by atoms with E-state index in [2.05, 4.69) is 10.1 Å². The molecule has 2 bridgehead atoms. The second-order valence-corrected chi connectivity index (χ2v) is 7.83. The summed E-state index contributed by atoms with van der Waals surface area (Å²) in [4.78, 5) is 17.1. The molecule has 24 heavy (non-hydrogen) atoms. The van der Waals surface area contributed by atoms with Crippen LogP contribution in [0.25, 0.3) is 0 Å². The first-order chi connectivity index (χ1) is 11.8. The fourth-order valence-electron chi connectivity index (χ4n) is 4.89. The van der Waals surface area contributed by atoms with Crippen LogP contribution in [0.2, 0.25) is 0 Å². The second kappa shape index (κ2) is 5.57. The van der Waals surface area contributed by atoms with Crippen LogP contribution in [-0.2, 0) is 0 Å². The first-order valence-electron chi connectivity index (χ1n) is 9.33. The topological polar surface area (TPSA) is 60.9 Å². The summed E-state index contributed by atoms with van der Waals surface area (Å²) in [6.45, 7) is 0. The minimum absolute atomic E-state index is 0.0245. The minimum Gasteiger partial charge on any atom is -0.360 e. The Morgan fingerprint density at radius 1 is 1.17 bits per heavy atom. The van der Waals surface area contributed by atoms with Gasteiger partial charge in [-0.25, -0.2) is 4.98 Å². The highest BCUT2D eigenvalue weighted by Crippen LogP contribution is 2.50. The third-order valence-corrected chi connectivity index (χ3v) is 6.28. The number of hydrogen-bond acceptors (Lipinski definition) is 4. The zero-order valence-electron chi connectivity index (χ0n) is 13.9. The molecule has 2 aromatic rings. The van der Waals surface area contributed by atoms with Gasteiger partial charge in [0.25, 0.3) is 5.91 Å². The number of aromatic nitrogens is 3. The van der Waals surface area contributed by atoms with Crippen LogP contribution in [-0.4, -0.2) is 20.6 Å². The molecule has 5 rings (SSSR count). The maximum absolute atomic E-state index is 13.1. The Bertz CT molecular complexity index is 745. The lowest BCUT2D eigenvalue weighted by molar-refractivity contribution is 0.0954. The van der Waals surface area contributed by atoms with E-state index < -0.39 is 0 Å². The molecule has 0 spiro atoms. The monoisotopic (exact) mass is 325 g/mol.